The normalized spacial score (nSPS) is 13.3. The number of hydrogen-bond acceptors (Lipinski definition) is 6. The van der Waals surface area contributed by atoms with Crippen molar-refractivity contribution in [1.29, 1.82) is 5.26 Å². The average Bonchev–Trinajstić information content (AvgIpc) is 3.31. The minimum Gasteiger partial charge on any atom is -0.335 e. The van der Waals surface area contributed by atoms with Gasteiger partial charge in [-0.15, -0.1) is 0 Å². The highest BCUT2D eigenvalue weighted by atomic mass is 16.6. The summed E-state index contributed by atoms with van der Waals surface area (Å²) in [5.41, 5.74) is 2.35. The van der Waals surface area contributed by atoms with E-state index in [1.807, 2.05) is 6.07 Å². The highest BCUT2D eigenvalue weighted by Crippen LogP contribution is 2.30. The molecule has 1 aliphatic carbocycles. The van der Waals surface area contributed by atoms with Gasteiger partial charge < -0.3 is 10.3 Å². The van der Waals surface area contributed by atoms with Crippen LogP contribution in [0.25, 0.3) is 0 Å². The number of nitrogen functional groups attached to an aromatic ring is 1. The van der Waals surface area contributed by atoms with Crippen LogP contribution in [0, 0.1) is 21.4 Å². The van der Waals surface area contributed by atoms with Gasteiger partial charge in [-0.2, -0.15) is 5.26 Å². The predicted molar refractivity (Wildman–Crippen MR) is 75.2 cm³/mol. The van der Waals surface area contributed by atoms with Crippen LogP contribution in [-0.2, 0) is 0 Å². The molecule has 0 saturated heterocycles. The summed E-state index contributed by atoms with van der Waals surface area (Å²) < 4.78 is 0. The summed E-state index contributed by atoms with van der Waals surface area (Å²) in [7, 11) is 0. The van der Waals surface area contributed by atoms with Crippen LogP contribution in [0.4, 0.5) is 11.4 Å². The molecule has 110 valence electrons. The number of carbonyl (C=O) groups is 1. The summed E-state index contributed by atoms with van der Waals surface area (Å²) in [6.45, 7) is 0.338. The van der Waals surface area contributed by atoms with Gasteiger partial charge in [0.1, 0.15) is 5.69 Å². The van der Waals surface area contributed by atoms with Crippen molar-refractivity contribution in [3.63, 3.8) is 0 Å². The number of anilines is 1. The van der Waals surface area contributed by atoms with Crippen molar-refractivity contribution in [3.05, 3.63) is 33.9 Å². The Bertz CT molecular complexity index is 606. The smallest absolute Gasteiger partial charge is 0.294 e. The van der Waals surface area contributed by atoms with Crippen LogP contribution in [0.15, 0.2) is 18.2 Å². The number of carbonyl (C=O) groups excluding carboxylic acids is 1. The van der Waals surface area contributed by atoms with Gasteiger partial charge in [0.2, 0.25) is 0 Å². The zero-order valence-electron chi connectivity index (χ0n) is 11.3. The Morgan fingerprint density at radius 2 is 2.29 bits per heavy atom. The van der Waals surface area contributed by atoms with E-state index < -0.39 is 4.92 Å². The second-order valence-electron chi connectivity index (χ2n) is 4.77. The quantitative estimate of drug-likeness (QED) is 0.463. The van der Waals surface area contributed by atoms with E-state index in [1.54, 1.807) is 4.90 Å². The molecule has 1 saturated carbocycles. The van der Waals surface area contributed by atoms with Gasteiger partial charge in [-0.3, -0.25) is 20.8 Å². The van der Waals surface area contributed by atoms with Crippen LogP contribution in [0.3, 0.4) is 0 Å². The minimum atomic E-state index is -0.595. The molecule has 0 aromatic heterocycles. The van der Waals surface area contributed by atoms with Crippen LogP contribution < -0.4 is 11.3 Å². The number of nitrogens with two attached hydrogens (primary N) is 1. The topological polar surface area (TPSA) is 125 Å². The number of nitriles is 1. The molecule has 1 amide bonds. The minimum absolute atomic E-state index is 0.136. The molecular formula is C13H15N5O3. The fourth-order valence-electron chi connectivity index (χ4n) is 2.11. The second-order valence-corrected chi connectivity index (χ2v) is 4.77. The van der Waals surface area contributed by atoms with Crippen LogP contribution >= 0.6 is 0 Å². The Kier molecular flexibility index (Phi) is 4.35. The maximum atomic E-state index is 12.4. The first-order chi connectivity index (χ1) is 10.1. The summed E-state index contributed by atoms with van der Waals surface area (Å²) in [6.07, 6.45) is 2.05. The molecule has 0 spiro atoms. The van der Waals surface area contributed by atoms with Gasteiger partial charge in [-0.25, -0.2) is 0 Å². The molecule has 0 atom stereocenters. The summed E-state index contributed by atoms with van der Waals surface area (Å²) in [4.78, 5) is 24.4. The maximum Gasteiger partial charge on any atom is 0.294 e. The fraction of sp³-hybridized carbons (Fsp3) is 0.385. The number of rotatable bonds is 6. The zero-order chi connectivity index (χ0) is 15.4. The lowest BCUT2D eigenvalue weighted by atomic mass is 10.1. The van der Waals surface area contributed by atoms with Crippen molar-refractivity contribution in [2.75, 3.05) is 12.0 Å². The molecule has 1 aromatic carbocycles. The summed E-state index contributed by atoms with van der Waals surface area (Å²) in [5, 5.41) is 19.6. The van der Waals surface area contributed by atoms with Gasteiger partial charge >= 0.3 is 0 Å². The Labute approximate surface area is 121 Å². The van der Waals surface area contributed by atoms with Crippen molar-refractivity contribution in [3.8, 4) is 6.07 Å². The van der Waals surface area contributed by atoms with Crippen LogP contribution in [0.1, 0.15) is 29.6 Å². The monoisotopic (exact) mass is 289 g/mol. The van der Waals surface area contributed by atoms with Crippen molar-refractivity contribution in [1.82, 2.24) is 4.90 Å². The molecule has 0 radical (unpaired) electrons. The molecule has 1 aliphatic rings. The molecule has 8 heteroatoms. The molecular weight excluding hydrogens is 274 g/mol. The first-order valence-electron chi connectivity index (χ1n) is 6.51. The number of nitrogens with one attached hydrogen (secondary N) is 1. The fourth-order valence-corrected chi connectivity index (χ4v) is 2.11. The molecule has 0 heterocycles. The zero-order valence-corrected chi connectivity index (χ0v) is 11.3. The molecule has 2 rings (SSSR count). The van der Waals surface area contributed by atoms with Gasteiger partial charge in [0.15, 0.2) is 0 Å². The summed E-state index contributed by atoms with van der Waals surface area (Å²) >= 11 is 0. The molecule has 1 fully saturated rings. The van der Waals surface area contributed by atoms with Gasteiger partial charge in [0.25, 0.3) is 11.6 Å². The van der Waals surface area contributed by atoms with Gasteiger partial charge in [-0.1, -0.05) is 0 Å². The number of nitro groups is 1. The van der Waals surface area contributed by atoms with Crippen molar-refractivity contribution in [2.24, 2.45) is 5.84 Å². The summed E-state index contributed by atoms with van der Waals surface area (Å²) in [5.74, 6) is 4.92. The lowest BCUT2D eigenvalue weighted by Crippen LogP contribution is -2.34. The van der Waals surface area contributed by atoms with Gasteiger partial charge in [0.05, 0.1) is 17.4 Å². The van der Waals surface area contributed by atoms with Gasteiger partial charge in [0, 0.05) is 24.2 Å². The van der Waals surface area contributed by atoms with E-state index in [2.05, 4.69) is 5.43 Å². The second kappa shape index (κ2) is 6.19. The average molecular weight is 289 g/mol. The third-order valence-electron chi connectivity index (χ3n) is 3.31. The third-order valence-corrected chi connectivity index (χ3v) is 3.31. The van der Waals surface area contributed by atoms with E-state index in [4.69, 9.17) is 11.1 Å². The first kappa shape index (κ1) is 14.7. The number of hydrazine groups is 1. The summed E-state index contributed by atoms with van der Waals surface area (Å²) in [6, 6.07) is 6.25. The third kappa shape index (κ3) is 3.27. The Balaban J connectivity index is 2.27. The lowest BCUT2D eigenvalue weighted by Gasteiger charge is -2.21. The maximum absolute atomic E-state index is 12.4. The predicted octanol–water partition coefficient (Wildman–Crippen LogP) is 1.40. The van der Waals surface area contributed by atoms with E-state index >= 15 is 0 Å². The number of nitro benzene ring substituents is 1. The molecule has 3 N–H and O–H groups in total. The Hall–Kier alpha value is -2.66. The molecule has 0 aliphatic heterocycles. The Morgan fingerprint density at radius 1 is 1.57 bits per heavy atom. The van der Waals surface area contributed by atoms with Crippen LogP contribution in [0.5, 0.6) is 0 Å². The van der Waals surface area contributed by atoms with E-state index in [0.717, 1.165) is 12.8 Å². The van der Waals surface area contributed by atoms with Crippen LogP contribution in [0.2, 0.25) is 0 Å². The number of hydrogen-bond donors (Lipinski definition) is 2. The van der Waals surface area contributed by atoms with Crippen molar-refractivity contribution < 1.29 is 9.72 Å². The molecule has 8 nitrogen and oxygen atoms in total. The number of benzene rings is 1. The highest BCUT2D eigenvalue weighted by molar-refractivity contribution is 5.96. The molecule has 0 unspecified atom stereocenters. The van der Waals surface area contributed by atoms with E-state index in [0.29, 0.717) is 6.54 Å². The number of nitrogens with zero attached hydrogens (tertiary/aromatic N) is 3. The first-order valence-corrected chi connectivity index (χ1v) is 6.51. The number of amides is 1. The Morgan fingerprint density at radius 3 is 2.81 bits per heavy atom. The molecule has 21 heavy (non-hydrogen) atoms. The van der Waals surface area contributed by atoms with Crippen molar-refractivity contribution in [2.45, 2.75) is 25.3 Å². The lowest BCUT2D eigenvalue weighted by molar-refractivity contribution is -0.384. The highest BCUT2D eigenvalue weighted by Gasteiger charge is 2.33. The van der Waals surface area contributed by atoms with Gasteiger partial charge in [-0.05, 0) is 25.0 Å². The standard InChI is InChI=1S/C13H15N5O3/c14-6-1-7-17(10-3-4-10)13(19)9-2-5-11(16-15)12(8-9)18(20)21/h2,5,8,10,16H,1,3-4,7,15H2. The SMILES string of the molecule is N#CCCN(C(=O)c1ccc(NN)c([N+](=O)[O-])c1)C1CC1. The van der Waals surface area contributed by atoms with E-state index in [9.17, 15) is 14.9 Å². The molecule has 1 aromatic rings. The van der Waals surface area contributed by atoms with Crippen LogP contribution in [-0.4, -0.2) is 28.3 Å². The van der Waals surface area contributed by atoms with Crippen molar-refractivity contribution >= 4 is 17.3 Å². The van der Waals surface area contributed by atoms with E-state index in [-0.39, 0.29) is 35.3 Å². The van der Waals surface area contributed by atoms with E-state index in [1.165, 1.54) is 18.2 Å². The largest absolute Gasteiger partial charge is 0.335 e. The molecule has 0 bridgehead atoms.